The average Bonchev–Trinajstić information content (AvgIpc) is 2.00. The second-order valence-corrected chi connectivity index (χ2v) is 2.75. The first kappa shape index (κ1) is 10.2. The summed E-state index contributed by atoms with van der Waals surface area (Å²) in [5.74, 6) is 0.589. The summed E-state index contributed by atoms with van der Waals surface area (Å²) in [6.45, 7) is 4.33. The minimum absolute atomic E-state index is 0.589. The van der Waals surface area contributed by atoms with Gasteiger partial charge in [-0.25, -0.2) is 0 Å². The molecule has 0 aliphatic rings. The second-order valence-electron chi connectivity index (χ2n) is 2.75. The Kier molecular flexibility index (Phi) is 5.53. The van der Waals surface area contributed by atoms with Crippen molar-refractivity contribution in [1.82, 2.24) is 5.32 Å². The van der Waals surface area contributed by atoms with E-state index in [1.807, 2.05) is 26.5 Å². The van der Waals surface area contributed by atoms with Crippen LogP contribution in [0.1, 0.15) is 20.3 Å². The molecule has 1 N–H and O–H groups in total. The SMILES string of the molecule is C/N=C/CC(C)/C(C)=C\NC. The van der Waals surface area contributed by atoms with Gasteiger partial charge in [0, 0.05) is 14.1 Å². The number of nitrogens with one attached hydrogen (secondary N) is 1. The highest BCUT2D eigenvalue weighted by molar-refractivity contribution is 5.57. The van der Waals surface area contributed by atoms with Gasteiger partial charge in [0.15, 0.2) is 0 Å². The fourth-order valence-corrected chi connectivity index (χ4v) is 0.819. The molecule has 0 aliphatic heterocycles. The average molecular weight is 154 g/mol. The summed E-state index contributed by atoms with van der Waals surface area (Å²) >= 11 is 0. The zero-order valence-electron chi connectivity index (χ0n) is 7.89. The summed E-state index contributed by atoms with van der Waals surface area (Å²) in [4.78, 5) is 3.95. The fourth-order valence-electron chi connectivity index (χ4n) is 0.819. The number of nitrogens with zero attached hydrogens (tertiary/aromatic N) is 1. The summed E-state index contributed by atoms with van der Waals surface area (Å²) in [5.41, 5.74) is 1.37. The Morgan fingerprint density at radius 3 is 2.73 bits per heavy atom. The minimum atomic E-state index is 0.589. The molecule has 0 saturated carbocycles. The molecule has 0 aromatic heterocycles. The molecule has 0 fully saturated rings. The molecule has 0 saturated heterocycles. The number of rotatable bonds is 4. The molecule has 0 aromatic carbocycles. The topological polar surface area (TPSA) is 24.4 Å². The van der Waals surface area contributed by atoms with Gasteiger partial charge in [0.25, 0.3) is 0 Å². The molecule has 0 radical (unpaired) electrons. The summed E-state index contributed by atoms with van der Waals surface area (Å²) in [7, 11) is 3.73. The van der Waals surface area contributed by atoms with E-state index in [4.69, 9.17) is 0 Å². The van der Waals surface area contributed by atoms with Crippen LogP contribution in [0.15, 0.2) is 16.8 Å². The second kappa shape index (κ2) is 5.96. The van der Waals surface area contributed by atoms with Gasteiger partial charge in [0.1, 0.15) is 0 Å². The Morgan fingerprint density at radius 2 is 2.27 bits per heavy atom. The maximum atomic E-state index is 3.95. The van der Waals surface area contributed by atoms with Crippen molar-refractivity contribution in [2.45, 2.75) is 20.3 Å². The molecule has 64 valence electrons. The van der Waals surface area contributed by atoms with E-state index in [2.05, 4.69) is 24.2 Å². The van der Waals surface area contributed by atoms with Crippen LogP contribution in [0, 0.1) is 5.92 Å². The van der Waals surface area contributed by atoms with Gasteiger partial charge >= 0.3 is 0 Å². The van der Waals surface area contributed by atoms with Crippen LogP contribution in [0.3, 0.4) is 0 Å². The maximum Gasteiger partial charge on any atom is 0.0273 e. The van der Waals surface area contributed by atoms with Crippen LogP contribution in [0.5, 0.6) is 0 Å². The van der Waals surface area contributed by atoms with Crippen molar-refractivity contribution >= 4 is 6.21 Å². The largest absolute Gasteiger partial charge is 0.394 e. The van der Waals surface area contributed by atoms with Crippen LogP contribution in [0.2, 0.25) is 0 Å². The van der Waals surface area contributed by atoms with Crippen LogP contribution in [0.25, 0.3) is 0 Å². The summed E-state index contributed by atoms with van der Waals surface area (Å²) in [6.07, 6.45) is 5.02. The number of hydrogen-bond donors (Lipinski definition) is 1. The van der Waals surface area contributed by atoms with E-state index in [-0.39, 0.29) is 0 Å². The van der Waals surface area contributed by atoms with E-state index in [1.165, 1.54) is 5.57 Å². The van der Waals surface area contributed by atoms with Crippen molar-refractivity contribution in [3.8, 4) is 0 Å². The quantitative estimate of drug-likeness (QED) is 0.614. The molecule has 0 amide bonds. The predicted molar refractivity (Wildman–Crippen MR) is 51.0 cm³/mol. The van der Waals surface area contributed by atoms with Crippen molar-refractivity contribution in [3.63, 3.8) is 0 Å². The summed E-state index contributed by atoms with van der Waals surface area (Å²) < 4.78 is 0. The maximum absolute atomic E-state index is 3.95. The Bertz CT molecular complexity index is 148. The number of hydrogen-bond acceptors (Lipinski definition) is 2. The third-order valence-corrected chi connectivity index (χ3v) is 1.79. The summed E-state index contributed by atoms with van der Waals surface area (Å²) in [5, 5.41) is 3.02. The lowest BCUT2D eigenvalue weighted by atomic mass is 10.0. The normalized spacial score (nSPS) is 15.5. The Balaban J connectivity index is 3.81. The van der Waals surface area contributed by atoms with Gasteiger partial charge in [0.05, 0.1) is 0 Å². The highest BCUT2D eigenvalue weighted by atomic mass is 14.8. The predicted octanol–water partition coefficient (Wildman–Crippen LogP) is 1.84. The number of aliphatic imine (C=N–C) groups is 1. The van der Waals surface area contributed by atoms with Gasteiger partial charge in [-0.2, -0.15) is 0 Å². The van der Waals surface area contributed by atoms with Crippen molar-refractivity contribution in [3.05, 3.63) is 11.8 Å². The van der Waals surface area contributed by atoms with Gasteiger partial charge in [-0.05, 0) is 31.7 Å². The minimum Gasteiger partial charge on any atom is -0.394 e. The van der Waals surface area contributed by atoms with Crippen LogP contribution in [-0.4, -0.2) is 20.3 Å². The van der Waals surface area contributed by atoms with Crippen molar-refractivity contribution in [2.24, 2.45) is 10.9 Å². The van der Waals surface area contributed by atoms with Crippen molar-refractivity contribution in [1.29, 1.82) is 0 Å². The molecule has 0 aromatic rings. The molecule has 2 nitrogen and oxygen atoms in total. The van der Waals surface area contributed by atoms with E-state index in [9.17, 15) is 0 Å². The highest BCUT2D eigenvalue weighted by Gasteiger charge is 2.00. The smallest absolute Gasteiger partial charge is 0.0273 e. The van der Waals surface area contributed by atoms with E-state index >= 15 is 0 Å². The van der Waals surface area contributed by atoms with E-state index in [1.54, 1.807) is 0 Å². The standard InChI is InChI=1S/C9H18N2/c1-8(5-6-10-3)9(2)7-11-4/h6-8,11H,5H2,1-4H3/b9-7-,10-6+. The summed E-state index contributed by atoms with van der Waals surface area (Å²) in [6, 6.07) is 0. The van der Waals surface area contributed by atoms with Crippen LogP contribution in [0.4, 0.5) is 0 Å². The molecular formula is C9H18N2. The molecule has 11 heavy (non-hydrogen) atoms. The van der Waals surface area contributed by atoms with Crippen LogP contribution >= 0.6 is 0 Å². The Hall–Kier alpha value is -0.790. The molecule has 0 rings (SSSR count). The molecule has 0 bridgehead atoms. The molecular weight excluding hydrogens is 136 g/mol. The third kappa shape index (κ3) is 4.59. The molecule has 0 heterocycles. The van der Waals surface area contributed by atoms with Gasteiger partial charge in [0.2, 0.25) is 0 Å². The first-order valence-electron chi connectivity index (χ1n) is 3.97. The molecule has 0 spiro atoms. The fraction of sp³-hybridized carbons (Fsp3) is 0.667. The lowest BCUT2D eigenvalue weighted by Crippen LogP contribution is -2.02. The molecule has 1 atom stereocenters. The lowest BCUT2D eigenvalue weighted by Gasteiger charge is -2.08. The van der Waals surface area contributed by atoms with Gasteiger partial charge in [-0.1, -0.05) is 12.5 Å². The van der Waals surface area contributed by atoms with Crippen molar-refractivity contribution < 1.29 is 0 Å². The van der Waals surface area contributed by atoms with Gasteiger partial charge in [-0.15, -0.1) is 0 Å². The van der Waals surface area contributed by atoms with E-state index < -0.39 is 0 Å². The van der Waals surface area contributed by atoms with Gasteiger partial charge in [-0.3, -0.25) is 0 Å². The molecule has 0 aliphatic carbocycles. The van der Waals surface area contributed by atoms with E-state index in [0.717, 1.165) is 6.42 Å². The van der Waals surface area contributed by atoms with Crippen LogP contribution < -0.4 is 5.32 Å². The Morgan fingerprint density at radius 1 is 1.64 bits per heavy atom. The molecule has 2 heteroatoms. The monoisotopic (exact) mass is 154 g/mol. The highest BCUT2D eigenvalue weighted by Crippen LogP contribution is 2.10. The molecule has 1 unspecified atom stereocenters. The number of allylic oxidation sites excluding steroid dienone is 1. The van der Waals surface area contributed by atoms with Crippen molar-refractivity contribution in [2.75, 3.05) is 14.1 Å². The van der Waals surface area contributed by atoms with Crippen LogP contribution in [-0.2, 0) is 0 Å². The Labute approximate surface area is 69.4 Å². The first-order chi connectivity index (χ1) is 5.22. The zero-order chi connectivity index (χ0) is 8.69. The van der Waals surface area contributed by atoms with E-state index in [0.29, 0.717) is 5.92 Å². The van der Waals surface area contributed by atoms with Gasteiger partial charge < -0.3 is 10.3 Å². The first-order valence-corrected chi connectivity index (χ1v) is 3.97. The zero-order valence-corrected chi connectivity index (χ0v) is 7.89. The third-order valence-electron chi connectivity index (χ3n) is 1.79. The lowest BCUT2D eigenvalue weighted by molar-refractivity contribution is 0.713.